The van der Waals surface area contributed by atoms with E-state index in [1.54, 1.807) is 19.1 Å². The lowest BCUT2D eigenvalue weighted by Gasteiger charge is -2.13. The van der Waals surface area contributed by atoms with Gasteiger partial charge >= 0.3 is 0 Å². The summed E-state index contributed by atoms with van der Waals surface area (Å²) < 4.78 is 57.1. The number of carbonyl (C=O) groups excluding carboxylic acids is 1. The van der Waals surface area contributed by atoms with E-state index in [0.29, 0.717) is 29.1 Å². The fourth-order valence-electron chi connectivity index (χ4n) is 4.92. The molecule has 2 aromatic carbocycles. The van der Waals surface area contributed by atoms with Crippen LogP contribution in [0.1, 0.15) is 34.5 Å². The highest BCUT2D eigenvalue weighted by Crippen LogP contribution is 2.37. The summed E-state index contributed by atoms with van der Waals surface area (Å²) in [6, 6.07) is 8.68. The van der Waals surface area contributed by atoms with Gasteiger partial charge in [0.2, 0.25) is 0 Å². The lowest BCUT2D eigenvalue weighted by Crippen LogP contribution is -2.23. The van der Waals surface area contributed by atoms with E-state index in [0.717, 1.165) is 0 Å². The lowest BCUT2D eigenvalue weighted by atomic mass is 10.0. The Balaban J connectivity index is 1.65. The average Bonchev–Trinajstić information content (AvgIpc) is 3.58. The normalized spacial score (nSPS) is 14.0. The van der Waals surface area contributed by atoms with Gasteiger partial charge in [-0.05, 0) is 61.7 Å². The number of carbonyl (C=O) groups is 1. The van der Waals surface area contributed by atoms with E-state index in [2.05, 4.69) is 15.2 Å². The zero-order valence-corrected chi connectivity index (χ0v) is 21.0. The lowest BCUT2D eigenvalue weighted by molar-refractivity contribution is 0.101. The Morgan fingerprint density at radius 1 is 1.16 bits per heavy atom. The molecule has 0 radical (unpaired) electrons. The third-order valence-corrected chi connectivity index (χ3v) is 9.15. The third-order valence-electron chi connectivity index (χ3n) is 7.00. The number of aromatic nitrogens is 4. The van der Waals surface area contributed by atoms with Crippen molar-refractivity contribution in [2.45, 2.75) is 31.6 Å². The molecule has 6 rings (SSSR count). The molecule has 0 bridgehead atoms. The van der Waals surface area contributed by atoms with Crippen LogP contribution in [0.2, 0.25) is 0 Å². The number of pyridine rings is 1. The van der Waals surface area contributed by atoms with Gasteiger partial charge in [0.25, 0.3) is 5.56 Å². The molecule has 5 aromatic rings. The van der Waals surface area contributed by atoms with Crippen molar-refractivity contribution in [3.05, 3.63) is 87.6 Å². The van der Waals surface area contributed by atoms with Crippen molar-refractivity contribution in [3.63, 3.8) is 0 Å². The molecule has 0 atom stereocenters. The fraction of sp³-hybridized carbons (Fsp3) is 0.222. The van der Waals surface area contributed by atoms with Crippen LogP contribution in [0.15, 0.2) is 53.6 Å². The molecule has 8 nitrogen and oxygen atoms in total. The van der Waals surface area contributed by atoms with E-state index in [9.17, 15) is 22.4 Å². The fourth-order valence-corrected chi connectivity index (χ4v) is 6.51. The predicted molar refractivity (Wildman–Crippen MR) is 139 cm³/mol. The standard InChI is InChI=1S/C27H22F2N4O4S/c1-14-7-19-23(10-20(14)28)33(12-16-8-15-11-31-32-22(15)9-21(16)29)26(24(34)13-38(36,37)17-4-5-17)25(19)18-3-2-6-30-27(18)35/h2-3,6-11,17H,4-5,12-13H2,1H3,(H,30,35)(H,31,32). The summed E-state index contributed by atoms with van der Waals surface area (Å²) in [5.41, 5.74) is 0.907. The number of nitrogens with one attached hydrogen (secondary N) is 2. The average molecular weight is 537 g/mol. The Kier molecular flexibility index (Phi) is 5.56. The van der Waals surface area contributed by atoms with Crippen molar-refractivity contribution < 1.29 is 22.0 Å². The van der Waals surface area contributed by atoms with Crippen LogP contribution >= 0.6 is 0 Å². The van der Waals surface area contributed by atoms with Crippen LogP contribution in [0.25, 0.3) is 32.9 Å². The number of nitrogens with zero attached hydrogens (tertiary/aromatic N) is 2. The van der Waals surface area contributed by atoms with E-state index < -0.39 is 43.8 Å². The molecule has 0 saturated heterocycles. The molecule has 38 heavy (non-hydrogen) atoms. The molecular weight excluding hydrogens is 514 g/mol. The first-order chi connectivity index (χ1) is 18.1. The third kappa shape index (κ3) is 4.03. The molecule has 1 fully saturated rings. The number of hydrogen-bond donors (Lipinski definition) is 2. The maximum Gasteiger partial charge on any atom is 0.255 e. The highest BCUT2D eigenvalue weighted by molar-refractivity contribution is 7.93. The SMILES string of the molecule is Cc1cc2c(-c3ccc[nH]c3=O)c(C(=O)CS(=O)(=O)C3CC3)n(Cc3cc4cn[nH]c4cc3F)c2cc1F. The largest absolute Gasteiger partial charge is 0.333 e. The maximum atomic E-state index is 15.2. The maximum absolute atomic E-state index is 15.2. The number of fused-ring (bicyclic) bond motifs is 2. The molecule has 0 spiro atoms. The summed E-state index contributed by atoms with van der Waals surface area (Å²) in [6.45, 7) is 1.35. The number of ketones is 1. The highest BCUT2D eigenvalue weighted by Gasteiger charge is 2.38. The Bertz CT molecular complexity index is 1930. The smallest absolute Gasteiger partial charge is 0.255 e. The Hall–Kier alpha value is -4.12. The van der Waals surface area contributed by atoms with Crippen molar-refractivity contribution in [2.24, 2.45) is 0 Å². The van der Waals surface area contributed by atoms with Crippen LogP contribution in [0.5, 0.6) is 0 Å². The Labute approximate surface area is 215 Å². The minimum atomic E-state index is -3.73. The predicted octanol–water partition coefficient (Wildman–Crippen LogP) is 4.27. The summed E-state index contributed by atoms with van der Waals surface area (Å²) in [6.07, 6.45) is 3.94. The van der Waals surface area contributed by atoms with Crippen molar-refractivity contribution in [2.75, 3.05) is 5.75 Å². The van der Waals surface area contributed by atoms with Gasteiger partial charge in [0.05, 0.1) is 34.7 Å². The van der Waals surface area contributed by atoms with E-state index in [4.69, 9.17) is 0 Å². The number of halogens is 2. The first-order valence-electron chi connectivity index (χ1n) is 12.0. The van der Waals surface area contributed by atoms with Gasteiger partial charge in [-0.25, -0.2) is 17.2 Å². The van der Waals surface area contributed by atoms with Crippen LogP contribution in [0.4, 0.5) is 8.78 Å². The molecular formula is C27H22F2N4O4S. The second-order valence-electron chi connectivity index (χ2n) is 9.67. The number of aromatic amines is 2. The Morgan fingerprint density at radius 3 is 2.68 bits per heavy atom. The van der Waals surface area contributed by atoms with Gasteiger partial charge in [-0.2, -0.15) is 5.10 Å². The first kappa shape index (κ1) is 24.2. The summed E-state index contributed by atoms with van der Waals surface area (Å²) in [7, 11) is -3.73. The molecule has 1 saturated carbocycles. The number of hydrogen-bond acceptors (Lipinski definition) is 5. The summed E-state index contributed by atoms with van der Waals surface area (Å²) in [5, 5.41) is 7.05. The van der Waals surface area contributed by atoms with E-state index >= 15 is 4.39 Å². The van der Waals surface area contributed by atoms with Crippen molar-refractivity contribution in [1.82, 2.24) is 19.7 Å². The topological polar surface area (TPSA) is 118 Å². The quantitative estimate of drug-likeness (QED) is 0.301. The summed E-state index contributed by atoms with van der Waals surface area (Å²) in [5.74, 6) is -2.65. The van der Waals surface area contributed by atoms with Gasteiger partial charge in [-0.15, -0.1) is 0 Å². The van der Waals surface area contributed by atoms with Gasteiger partial charge < -0.3 is 9.55 Å². The molecule has 1 aliphatic rings. The van der Waals surface area contributed by atoms with Crippen molar-refractivity contribution in [1.29, 1.82) is 0 Å². The zero-order valence-electron chi connectivity index (χ0n) is 20.2. The molecule has 2 N–H and O–H groups in total. The van der Waals surface area contributed by atoms with Gasteiger partial charge in [-0.3, -0.25) is 14.7 Å². The highest BCUT2D eigenvalue weighted by atomic mass is 32.2. The van der Waals surface area contributed by atoms with Crippen LogP contribution in [-0.4, -0.2) is 45.0 Å². The Morgan fingerprint density at radius 2 is 1.95 bits per heavy atom. The number of Topliss-reactive ketones (excluding diaryl/α,β-unsaturated/α-hetero) is 1. The zero-order chi connectivity index (χ0) is 26.8. The van der Waals surface area contributed by atoms with Gasteiger partial charge in [-0.1, -0.05) is 0 Å². The first-order valence-corrected chi connectivity index (χ1v) is 13.7. The number of H-pyrrole nitrogens is 2. The molecule has 3 aromatic heterocycles. The van der Waals surface area contributed by atoms with Gasteiger partial charge in [0, 0.05) is 33.7 Å². The molecule has 0 amide bonds. The van der Waals surface area contributed by atoms with Crippen LogP contribution in [-0.2, 0) is 16.4 Å². The van der Waals surface area contributed by atoms with Crippen LogP contribution < -0.4 is 5.56 Å². The molecule has 194 valence electrons. The minimum Gasteiger partial charge on any atom is -0.333 e. The van der Waals surface area contributed by atoms with Crippen molar-refractivity contribution in [3.8, 4) is 11.1 Å². The number of sulfone groups is 1. The van der Waals surface area contributed by atoms with Crippen LogP contribution in [0, 0.1) is 18.6 Å². The second kappa shape index (κ2) is 8.73. The minimum absolute atomic E-state index is 0.0855. The monoisotopic (exact) mass is 536 g/mol. The molecule has 1 aliphatic carbocycles. The number of aryl methyl sites for hydroxylation is 1. The van der Waals surface area contributed by atoms with Gasteiger partial charge in [0.1, 0.15) is 17.4 Å². The van der Waals surface area contributed by atoms with Gasteiger partial charge in [0.15, 0.2) is 15.6 Å². The number of benzene rings is 2. The molecule has 0 aliphatic heterocycles. The summed E-state index contributed by atoms with van der Waals surface area (Å²) in [4.78, 5) is 29.3. The second-order valence-corrected chi connectivity index (χ2v) is 12.0. The summed E-state index contributed by atoms with van der Waals surface area (Å²) >= 11 is 0. The van der Waals surface area contributed by atoms with Crippen molar-refractivity contribution >= 4 is 37.4 Å². The molecule has 3 heterocycles. The molecule has 11 heteroatoms. The molecule has 0 unspecified atom stereocenters. The number of rotatable bonds is 7. The van der Waals surface area contributed by atoms with E-state index in [1.807, 2.05) is 0 Å². The van der Waals surface area contributed by atoms with Crippen LogP contribution in [0.3, 0.4) is 0 Å². The van der Waals surface area contributed by atoms with E-state index in [1.165, 1.54) is 41.2 Å². The van der Waals surface area contributed by atoms with E-state index in [-0.39, 0.29) is 40.0 Å².